The molecule has 0 aromatic heterocycles. The highest BCUT2D eigenvalue weighted by Crippen LogP contribution is 2.47. The van der Waals surface area contributed by atoms with Crippen molar-refractivity contribution < 1.29 is 19.4 Å². The van der Waals surface area contributed by atoms with E-state index in [-0.39, 0.29) is 5.97 Å². The Bertz CT molecular complexity index is 275. The van der Waals surface area contributed by atoms with Crippen LogP contribution in [0.15, 0.2) is 0 Å². The Morgan fingerprint density at radius 2 is 1.88 bits per heavy atom. The third-order valence-electron chi connectivity index (χ3n) is 4.39. The number of carbonyl (C=O) groups excluding carboxylic acids is 1. The van der Waals surface area contributed by atoms with Gasteiger partial charge in [-0.2, -0.15) is 0 Å². The molecule has 4 nitrogen and oxygen atoms in total. The Morgan fingerprint density at radius 3 is 2.41 bits per heavy atom. The van der Waals surface area contributed by atoms with Crippen LogP contribution in [0.4, 0.5) is 0 Å². The van der Waals surface area contributed by atoms with E-state index in [1.54, 1.807) is 0 Å². The second-order valence-electron chi connectivity index (χ2n) is 5.32. The molecular formula is C13H22O4. The van der Waals surface area contributed by atoms with Gasteiger partial charge in [-0.1, -0.05) is 19.3 Å². The highest BCUT2D eigenvalue weighted by molar-refractivity contribution is 5.78. The lowest BCUT2D eigenvalue weighted by Gasteiger charge is -2.48. The van der Waals surface area contributed by atoms with Crippen molar-refractivity contribution >= 4 is 5.97 Å². The molecule has 0 radical (unpaired) electrons. The van der Waals surface area contributed by atoms with Crippen LogP contribution in [-0.2, 0) is 14.3 Å². The first-order valence-electron chi connectivity index (χ1n) is 6.53. The summed E-state index contributed by atoms with van der Waals surface area (Å²) in [5.41, 5.74) is -1.76. The molecule has 4 heteroatoms. The molecule has 2 aliphatic rings. The van der Waals surface area contributed by atoms with E-state index in [9.17, 15) is 9.90 Å². The number of aliphatic hydroxyl groups is 1. The Morgan fingerprint density at radius 1 is 1.18 bits per heavy atom. The molecule has 1 heterocycles. The Kier molecular flexibility index (Phi) is 3.73. The second kappa shape index (κ2) is 4.94. The van der Waals surface area contributed by atoms with Gasteiger partial charge >= 0.3 is 5.97 Å². The van der Waals surface area contributed by atoms with Gasteiger partial charge in [-0.25, -0.2) is 0 Å². The van der Waals surface area contributed by atoms with Crippen molar-refractivity contribution in [2.75, 3.05) is 20.3 Å². The molecule has 0 amide bonds. The van der Waals surface area contributed by atoms with E-state index >= 15 is 0 Å². The van der Waals surface area contributed by atoms with Crippen molar-refractivity contribution in [1.82, 2.24) is 0 Å². The van der Waals surface area contributed by atoms with Gasteiger partial charge in [0.1, 0.15) is 5.41 Å². The van der Waals surface area contributed by atoms with Gasteiger partial charge in [0, 0.05) is 6.61 Å². The van der Waals surface area contributed by atoms with Crippen LogP contribution >= 0.6 is 0 Å². The topological polar surface area (TPSA) is 55.8 Å². The average molecular weight is 242 g/mol. The highest BCUT2D eigenvalue weighted by atomic mass is 16.5. The zero-order chi connectivity index (χ0) is 12.4. The van der Waals surface area contributed by atoms with Gasteiger partial charge in [0.15, 0.2) is 0 Å². The van der Waals surface area contributed by atoms with Gasteiger partial charge in [-0.3, -0.25) is 4.79 Å². The average Bonchev–Trinajstić information content (AvgIpc) is 2.39. The van der Waals surface area contributed by atoms with Crippen molar-refractivity contribution in [2.24, 2.45) is 5.41 Å². The molecule has 98 valence electrons. The minimum absolute atomic E-state index is 0.302. The number of rotatable bonds is 2. The summed E-state index contributed by atoms with van der Waals surface area (Å²) >= 11 is 0. The Hall–Kier alpha value is -0.610. The van der Waals surface area contributed by atoms with Crippen LogP contribution in [0.2, 0.25) is 0 Å². The minimum Gasteiger partial charge on any atom is -0.468 e. The normalized spacial score (nSPS) is 33.1. The molecule has 2 fully saturated rings. The molecule has 1 atom stereocenters. The summed E-state index contributed by atoms with van der Waals surface area (Å²) in [5, 5.41) is 10.9. The van der Waals surface area contributed by atoms with Gasteiger partial charge in [0.2, 0.25) is 0 Å². The predicted octanol–water partition coefficient (Wildman–Crippen LogP) is 1.65. The van der Waals surface area contributed by atoms with Crippen LogP contribution in [0.25, 0.3) is 0 Å². The molecule has 0 aromatic carbocycles. The van der Waals surface area contributed by atoms with Crippen molar-refractivity contribution in [2.45, 2.75) is 50.5 Å². The maximum absolute atomic E-state index is 12.1. The summed E-state index contributed by atoms with van der Waals surface area (Å²) in [6.45, 7) is 0.977. The number of hydrogen-bond donors (Lipinski definition) is 1. The molecule has 0 aromatic rings. The fraction of sp³-hybridized carbons (Fsp3) is 0.923. The fourth-order valence-electron chi connectivity index (χ4n) is 3.32. The number of carbonyl (C=O) groups is 1. The molecule has 1 saturated heterocycles. The van der Waals surface area contributed by atoms with Crippen LogP contribution < -0.4 is 0 Å². The van der Waals surface area contributed by atoms with Gasteiger partial charge in [-0.05, 0) is 25.7 Å². The minimum atomic E-state index is -0.932. The van der Waals surface area contributed by atoms with Crippen molar-refractivity contribution in [3.8, 4) is 0 Å². The molecule has 1 saturated carbocycles. The first-order valence-corrected chi connectivity index (χ1v) is 6.53. The molecule has 1 unspecified atom stereocenters. The van der Waals surface area contributed by atoms with E-state index in [2.05, 4.69) is 0 Å². The van der Waals surface area contributed by atoms with Gasteiger partial charge in [-0.15, -0.1) is 0 Å². The van der Waals surface area contributed by atoms with Gasteiger partial charge < -0.3 is 14.6 Å². The van der Waals surface area contributed by atoms with Crippen molar-refractivity contribution in [1.29, 1.82) is 0 Å². The van der Waals surface area contributed by atoms with Crippen LogP contribution in [0, 0.1) is 5.41 Å². The molecule has 0 bridgehead atoms. The summed E-state index contributed by atoms with van der Waals surface area (Å²) in [7, 11) is 1.39. The first kappa shape index (κ1) is 12.8. The van der Waals surface area contributed by atoms with Crippen molar-refractivity contribution in [3.63, 3.8) is 0 Å². The first-order chi connectivity index (χ1) is 8.15. The molecule has 2 rings (SSSR count). The third kappa shape index (κ3) is 2.08. The number of ether oxygens (including phenoxy) is 2. The Labute approximate surface area is 102 Å². The molecule has 1 aliphatic carbocycles. The summed E-state index contributed by atoms with van der Waals surface area (Å²) in [6, 6.07) is 0. The summed E-state index contributed by atoms with van der Waals surface area (Å²) < 4.78 is 10.4. The Balaban J connectivity index is 2.27. The smallest absolute Gasteiger partial charge is 0.317 e. The maximum Gasteiger partial charge on any atom is 0.317 e. The number of methoxy groups -OCH3 is 1. The quantitative estimate of drug-likeness (QED) is 0.748. The molecule has 1 N–H and O–H groups in total. The lowest BCUT2D eigenvalue weighted by molar-refractivity contribution is -0.199. The van der Waals surface area contributed by atoms with Crippen LogP contribution in [-0.4, -0.2) is 37.0 Å². The van der Waals surface area contributed by atoms with E-state index in [1.165, 1.54) is 7.11 Å². The van der Waals surface area contributed by atoms with Gasteiger partial charge in [0.05, 0.1) is 19.3 Å². The summed E-state index contributed by atoms with van der Waals surface area (Å²) in [6.07, 6.45) is 5.97. The van der Waals surface area contributed by atoms with Crippen molar-refractivity contribution in [3.05, 3.63) is 0 Å². The summed E-state index contributed by atoms with van der Waals surface area (Å²) in [4.78, 5) is 12.1. The third-order valence-corrected chi connectivity index (χ3v) is 4.39. The predicted molar refractivity (Wildman–Crippen MR) is 62.5 cm³/mol. The molecule has 17 heavy (non-hydrogen) atoms. The van der Waals surface area contributed by atoms with E-state index in [0.29, 0.717) is 32.5 Å². The lowest BCUT2D eigenvalue weighted by atomic mass is 9.62. The maximum atomic E-state index is 12.1. The standard InChI is InChI=1S/C13H22O4/c1-16-11(14)12(6-5-9-17-10-12)13(15)7-3-2-4-8-13/h15H,2-10H2,1H3. The van der Waals surface area contributed by atoms with E-state index < -0.39 is 11.0 Å². The van der Waals surface area contributed by atoms with Crippen LogP contribution in [0.1, 0.15) is 44.9 Å². The zero-order valence-corrected chi connectivity index (χ0v) is 10.5. The largest absolute Gasteiger partial charge is 0.468 e. The van der Waals surface area contributed by atoms with Crippen LogP contribution in [0.5, 0.6) is 0 Å². The van der Waals surface area contributed by atoms with E-state index in [1.807, 2.05) is 0 Å². The molecule has 1 aliphatic heterocycles. The second-order valence-corrected chi connectivity index (χ2v) is 5.32. The van der Waals surface area contributed by atoms with E-state index in [4.69, 9.17) is 9.47 Å². The fourth-order valence-corrected chi connectivity index (χ4v) is 3.32. The SMILES string of the molecule is COC(=O)C1(C2(O)CCCCC2)CCCOC1. The highest BCUT2D eigenvalue weighted by Gasteiger charge is 2.57. The number of esters is 1. The van der Waals surface area contributed by atoms with E-state index in [0.717, 1.165) is 25.7 Å². The lowest BCUT2D eigenvalue weighted by Crippen LogP contribution is -2.58. The van der Waals surface area contributed by atoms with Gasteiger partial charge in [0.25, 0.3) is 0 Å². The monoisotopic (exact) mass is 242 g/mol. The summed E-state index contributed by atoms with van der Waals surface area (Å²) in [5.74, 6) is -0.304. The zero-order valence-electron chi connectivity index (χ0n) is 10.5. The molecule has 0 spiro atoms. The van der Waals surface area contributed by atoms with Crippen LogP contribution in [0.3, 0.4) is 0 Å². The number of hydrogen-bond acceptors (Lipinski definition) is 4. The molecular weight excluding hydrogens is 220 g/mol.